The smallest absolute Gasteiger partial charge is 0.309 e. The number of benzene rings is 1. The lowest BCUT2D eigenvalue weighted by molar-refractivity contribution is -0.137. The van der Waals surface area contributed by atoms with Gasteiger partial charge in [0, 0.05) is 14.1 Å². The van der Waals surface area contributed by atoms with Gasteiger partial charge in [-0.15, -0.1) is 10.2 Å². The van der Waals surface area contributed by atoms with E-state index in [1.807, 2.05) is 0 Å². The number of aryl methyl sites for hydroxylation is 1. The maximum Gasteiger partial charge on any atom is 0.416 e. The lowest BCUT2D eigenvalue weighted by Crippen LogP contribution is -2.37. The molecule has 3 aromatic heterocycles. The first kappa shape index (κ1) is 20.8. The van der Waals surface area contributed by atoms with Gasteiger partial charge < -0.3 is 4.57 Å². The molecule has 1 aromatic carbocycles. The number of hydrogen-bond acceptors (Lipinski definition) is 7. The van der Waals surface area contributed by atoms with Crippen molar-refractivity contribution in [2.24, 2.45) is 14.1 Å². The van der Waals surface area contributed by atoms with Gasteiger partial charge in [0.05, 0.1) is 17.9 Å². The number of alkyl halides is 3. The van der Waals surface area contributed by atoms with Crippen LogP contribution in [0.3, 0.4) is 0 Å². The molecule has 4 aromatic rings. The molecule has 0 spiro atoms. The minimum absolute atomic E-state index is 0.0531. The Kier molecular flexibility index (Phi) is 5.16. The van der Waals surface area contributed by atoms with Crippen LogP contribution < -0.4 is 11.2 Å². The summed E-state index contributed by atoms with van der Waals surface area (Å²) >= 11 is 1.17. The molecule has 0 amide bonds. The number of imidazole rings is 1. The summed E-state index contributed by atoms with van der Waals surface area (Å²) in [5, 5.41) is 13.8. The SMILES string of the molecule is Cn1c(=O)c2c(nc(SCc3nn[nH]n3)n2Cc2cccc(C(F)(F)F)c2)n(C)c1=O. The van der Waals surface area contributed by atoms with Gasteiger partial charge in [-0.2, -0.15) is 18.4 Å². The molecule has 0 unspecified atom stereocenters. The number of nitrogens with one attached hydrogen (secondary N) is 1. The van der Waals surface area contributed by atoms with Crippen LogP contribution in [0.4, 0.5) is 13.2 Å². The molecule has 0 fully saturated rings. The highest BCUT2D eigenvalue weighted by molar-refractivity contribution is 7.98. The predicted octanol–water partition coefficient (Wildman–Crippen LogP) is 1.31. The third-order valence-corrected chi connectivity index (χ3v) is 5.60. The van der Waals surface area contributed by atoms with Gasteiger partial charge in [0.25, 0.3) is 5.56 Å². The number of tetrazole rings is 1. The molecular weight excluding hydrogens is 437 g/mol. The first-order chi connectivity index (χ1) is 14.7. The molecule has 3 heterocycles. The number of halogens is 3. The summed E-state index contributed by atoms with van der Waals surface area (Å²) < 4.78 is 43.0. The Morgan fingerprint density at radius 1 is 1.16 bits per heavy atom. The van der Waals surface area contributed by atoms with Crippen LogP contribution in [0, 0.1) is 0 Å². The number of aromatic nitrogens is 8. The zero-order valence-electron chi connectivity index (χ0n) is 16.2. The van der Waals surface area contributed by atoms with E-state index in [1.54, 1.807) is 0 Å². The van der Waals surface area contributed by atoms with Crippen molar-refractivity contribution >= 4 is 22.9 Å². The Hall–Kier alpha value is -3.42. The second-order valence-electron chi connectivity index (χ2n) is 6.67. The Morgan fingerprint density at radius 3 is 2.61 bits per heavy atom. The topological polar surface area (TPSA) is 116 Å². The first-order valence-corrected chi connectivity index (χ1v) is 9.83. The van der Waals surface area contributed by atoms with Crippen molar-refractivity contribution in [2.75, 3.05) is 0 Å². The third-order valence-electron chi connectivity index (χ3n) is 4.63. The second kappa shape index (κ2) is 7.68. The molecule has 0 radical (unpaired) electrons. The van der Waals surface area contributed by atoms with E-state index >= 15 is 0 Å². The summed E-state index contributed by atoms with van der Waals surface area (Å²) in [5.41, 5.74) is -1.38. The quantitative estimate of drug-likeness (QED) is 0.454. The monoisotopic (exact) mass is 452 g/mol. The molecule has 14 heteroatoms. The Morgan fingerprint density at radius 2 is 1.94 bits per heavy atom. The number of nitrogens with zero attached hydrogens (tertiary/aromatic N) is 7. The van der Waals surface area contributed by atoms with Crippen molar-refractivity contribution in [1.82, 2.24) is 39.3 Å². The molecule has 162 valence electrons. The number of fused-ring (bicyclic) bond motifs is 1. The molecule has 0 saturated heterocycles. The number of thioether (sulfide) groups is 1. The highest BCUT2D eigenvalue weighted by Gasteiger charge is 2.30. The maximum absolute atomic E-state index is 13.1. The van der Waals surface area contributed by atoms with E-state index < -0.39 is 23.0 Å². The van der Waals surface area contributed by atoms with Crippen molar-refractivity contribution < 1.29 is 13.2 Å². The van der Waals surface area contributed by atoms with Crippen LogP contribution >= 0.6 is 11.8 Å². The van der Waals surface area contributed by atoms with Gasteiger partial charge in [-0.3, -0.25) is 13.9 Å². The van der Waals surface area contributed by atoms with Gasteiger partial charge in [-0.1, -0.05) is 29.1 Å². The van der Waals surface area contributed by atoms with Gasteiger partial charge in [-0.05, 0) is 17.7 Å². The van der Waals surface area contributed by atoms with E-state index in [2.05, 4.69) is 25.6 Å². The number of H-pyrrole nitrogens is 1. The number of rotatable bonds is 5. The van der Waals surface area contributed by atoms with Gasteiger partial charge in [0.1, 0.15) is 0 Å². The Labute approximate surface area is 175 Å². The lowest BCUT2D eigenvalue weighted by atomic mass is 10.1. The summed E-state index contributed by atoms with van der Waals surface area (Å²) in [6.45, 7) is -0.0531. The molecular formula is C17H15F3N8O2S. The largest absolute Gasteiger partial charge is 0.416 e. The fourth-order valence-electron chi connectivity index (χ4n) is 3.08. The van der Waals surface area contributed by atoms with Crippen LogP contribution in [0.15, 0.2) is 39.0 Å². The van der Waals surface area contributed by atoms with Gasteiger partial charge in [0.2, 0.25) is 0 Å². The highest BCUT2D eigenvalue weighted by Crippen LogP contribution is 2.30. The van der Waals surface area contributed by atoms with Crippen molar-refractivity contribution in [3.63, 3.8) is 0 Å². The summed E-state index contributed by atoms with van der Waals surface area (Å²) in [7, 11) is 2.80. The Bertz CT molecular complexity index is 1370. The minimum atomic E-state index is -4.50. The molecule has 31 heavy (non-hydrogen) atoms. The van der Waals surface area contributed by atoms with Crippen molar-refractivity contribution in [3.05, 3.63) is 62.1 Å². The predicted molar refractivity (Wildman–Crippen MR) is 104 cm³/mol. The minimum Gasteiger partial charge on any atom is -0.309 e. The van der Waals surface area contributed by atoms with Crippen LogP contribution in [0.25, 0.3) is 11.2 Å². The standard InChI is InChI=1S/C17H15F3N8O2S/c1-26-13-12(14(29)27(2)16(26)30)28(15(21-13)31-8-11-22-24-25-23-11)7-9-4-3-5-10(6-9)17(18,19)20/h3-6H,7-8H2,1-2H3,(H,22,23,24,25). The van der Waals surface area contributed by atoms with Crippen LogP contribution in [0.1, 0.15) is 17.0 Å². The van der Waals surface area contributed by atoms with E-state index in [0.29, 0.717) is 16.5 Å². The van der Waals surface area contributed by atoms with E-state index in [9.17, 15) is 22.8 Å². The molecule has 0 bridgehead atoms. The zero-order chi connectivity index (χ0) is 22.3. The zero-order valence-corrected chi connectivity index (χ0v) is 17.0. The second-order valence-corrected chi connectivity index (χ2v) is 7.62. The molecule has 1 N–H and O–H groups in total. The van der Waals surface area contributed by atoms with E-state index in [1.165, 1.54) is 47.1 Å². The number of aromatic amines is 1. The van der Waals surface area contributed by atoms with E-state index in [0.717, 1.165) is 16.7 Å². The molecule has 0 aliphatic rings. The maximum atomic E-state index is 13.1. The van der Waals surface area contributed by atoms with Gasteiger partial charge in [-0.25, -0.2) is 9.78 Å². The fraction of sp³-hybridized carbons (Fsp3) is 0.294. The summed E-state index contributed by atoms with van der Waals surface area (Å²) in [5.74, 6) is 0.626. The summed E-state index contributed by atoms with van der Waals surface area (Å²) in [6.07, 6.45) is -4.50. The lowest BCUT2D eigenvalue weighted by Gasteiger charge is -2.12. The van der Waals surface area contributed by atoms with Crippen LogP contribution in [0.2, 0.25) is 0 Å². The molecule has 4 rings (SSSR count). The average molecular weight is 452 g/mol. The Balaban J connectivity index is 1.86. The molecule has 0 saturated carbocycles. The average Bonchev–Trinajstić information content (AvgIpc) is 3.37. The first-order valence-electron chi connectivity index (χ1n) is 8.84. The normalized spacial score (nSPS) is 12.0. The molecule has 0 aliphatic carbocycles. The van der Waals surface area contributed by atoms with Crippen molar-refractivity contribution in [2.45, 2.75) is 23.6 Å². The van der Waals surface area contributed by atoms with E-state index in [-0.39, 0.29) is 23.5 Å². The van der Waals surface area contributed by atoms with Gasteiger partial charge in [0.15, 0.2) is 22.1 Å². The molecule has 0 atom stereocenters. The highest BCUT2D eigenvalue weighted by atomic mass is 32.2. The van der Waals surface area contributed by atoms with E-state index in [4.69, 9.17) is 0 Å². The third kappa shape index (κ3) is 3.85. The van der Waals surface area contributed by atoms with Crippen molar-refractivity contribution in [3.8, 4) is 0 Å². The van der Waals surface area contributed by atoms with Crippen LogP contribution in [0.5, 0.6) is 0 Å². The molecule has 0 aliphatic heterocycles. The van der Waals surface area contributed by atoms with Crippen molar-refractivity contribution in [1.29, 1.82) is 0 Å². The molecule has 10 nitrogen and oxygen atoms in total. The van der Waals surface area contributed by atoms with Crippen LogP contribution in [-0.4, -0.2) is 39.3 Å². The number of hydrogen-bond donors (Lipinski definition) is 1. The fourth-order valence-corrected chi connectivity index (χ4v) is 3.93. The van der Waals surface area contributed by atoms with Gasteiger partial charge >= 0.3 is 11.9 Å². The summed E-state index contributed by atoms with van der Waals surface area (Å²) in [6, 6.07) is 4.83. The van der Waals surface area contributed by atoms with Crippen LogP contribution in [-0.2, 0) is 32.6 Å². The summed E-state index contributed by atoms with van der Waals surface area (Å²) in [4.78, 5) is 29.5.